The van der Waals surface area contributed by atoms with Crippen LogP contribution >= 0.6 is 27.5 Å². The fourth-order valence-corrected chi connectivity index (χ4v) is 2.15. The Morgan fingerprint density at radius 2 is 2.17 bits per heavy atom. The van der Waals surface area contributed by atoms with Gasteiger partial charge in [-0.2, -0.15) is 5.26 Å². The first-order valence-electron chi connectivity index (χ1n) is 5.19. The van der Waals surface area contributed by atoms with Gasteiger partial charge in [0.15, 0.2) is 0 Å². The van der Waals surface area contributed by atoms with Crippen LogP contribution in [-0.2, 0) is 0 Å². The molecule has 0 bridgehead atoms. The van der Waals surface area contributed by atoms with E-state index in [2.05, 4.69) is 26.2 Å². The van der Waals surface area contributed by atoms with Crippen molar-refractivity contribution in [3.8, 4) is 6.07 Å². The summed E-state index contributed by atoms with van der Waals surface area (Å²) in [6.07, 6.45) is 1.61. The Balaban J connectivity index is 2.28. The third kappa shape index (κ3) is 2.81. The smallest absolute Gasteiger partial charge is 0.140 e. The molecule has 0 saturated carbocycles. The van der Waals surface area contributed by atoms with Crippen LogP contribution in [0.15, 0.2) is 34.9 Å². The lowest BCUT2D eigenvalue weighted by Gasteiger charge is -2.10. The fourth-order valence-electron chi connectivity index (χ4n) is 1.43. The summed E-state index contributed by atoms with van der Waals surface area (Å²) >= 11 is 9.55. The molecule has 90 valence electrons. The van der Waals surface area contributed by atoms with Crippen molar-refractivity contribution >= 4 is 38.9 Å². The highest BCUT2D eigenvalue weighted by Gasteiger charge is 2.05. The van der Waals surface area contributed by atoms with E-state index < -0.39 is 0 Å². The summed E-state index contributed by atoms with van der Waals surface area (Å²) < 4.78 is 0.925. The van der Waals surface area contributed by atoms with Crippen molar-refractivity contribution in [2.45, 2.75) is 6.92 Å². The molecule has 0 amide bonds. The van der Waals surface area contributed by atoms with Gasteiger partial charge in [-0.3, -0.25) is 0 Å². The maximum Gasteiger partial charge on any atom is 0.140 e. The molecule has 1 aromatic heterocycles. The van der Waals surface area contributed by atoms with Crippen LogP contribution in [0.3, 0.4) is 0 Å². The van der Waals surface area contributed by atoms with Gasteiger partial charge in [0.2, 0.25) is 0 Å². The van der Waals surface area contributed by atoms with Gasteiger partial charge in [0.25, 0.3) is 0 Å². The minimum atomic E-state index is 0.390. The summed E-state index contributed by atoms with van der Waals surface area (Å²) in [5.41, 5.74) is 3.06. The fraction of sp³-hybridized carbons (Fsp3) is 0.0769. The quantitative estimate of drug-likeness (QED) is 0.890. The van der Waals surface area contributed by atoms with Gasteiger partial charge in [-0.25, -0.2) is 4.98 Å². The summed E-state index contributed by atoms with van der Waals surface area (Å²) in [5.74, 6) is 0. The van der Waals surface area contributed by atoms with Crippen LogP contribution in [0.25, 0.3) is 0 Å². The second-order valence-electron chi connectivity index (χ2n) is 3.75. The van der Waals surface area contributed by atoms with Crippen molar-refractivity contribution in [2.75, 3.05) is 5.32 Å². The van der Waals surface area contributed by atoms with E-state index in [0.717, 1.165) is 21.4 Å². The number of halogens is 2. The van der Waals surface area contributed by atoms with E-state index in [1.165, 1.54) is 0 Å². The van der Waals surface area contributed by atoms with Gasteiger partial charge in [0.1, 0.15) is 11.8 Å². The molecule has 3 nitrogen and oxygen atoms in total. The van der Waals surface area contributed by atoms with Crippen molar-refractivity contribution in [1.82, 2.24) is 4.98 Å². The van der Waals surface area contributed by atoms with Gasteiger partial charge in [-0.15, -0.1) is 0 Å². The van der Waals surface area contributed by atoms with Crippen LogP contribution in [0, 0.1) is 18.3 Å². The topological polar surface area (TPSA) is 48.7 Å². The molecular formula is C13H9BrClN3. The normalized spacial score (nSPS) is 9.89. The molecule has 1 N–H and O–H groups in total. The third-order valence-electron chi connectivity index (χ3n) is 2.41. The van der Waals surface area contributed by atoms with Gasteiger partial charge in [-0.1, -0.05) is 11.6 Å². The molecule has 0 aliphatic heterocycles. The molecule has 2 aromatic rings. The number of rotatable bonds is 2. The summed E-state index contributed by atoms with van der Waals surface area (Å²) in [5, 5.41) is 12.6. The van der Waals surface area contributed by atoms with Crippen LogP contribution in [-0.4, -0.2) is 4.98 Å². The molecule has 2 rings (SSSR count). The van der Waals surface area contributed by atoms with Crippen LogP contribution in [0.1, 0.15) is 11.3 Å². The molecule has 0 unspecified atom stereocenters. The second-order valence-corrected chi connectivity index (χ2v) is 5.01. The van der Waals surface area contributed by atoms with Crippen LogP contribution in [0.2, 0.25) is 5.02 Å². The van der Waals surface area contributed by atoms with E-state index in [1.807, 2.05) is 25.1 Å². The van der Waals surface area contributed by atoms with Crippen molar-refractivity contribution in [3.63, 3.8) is 0 Å². The number of aryl methyl sites for hydroxylation is 1. The van der Waals surface area contributed by atoms with E-state index >= 15 is 0 Å². The molecule has 0 spiro atoms. The molecule has 1 heterocycles. The van der Waals surface area contributed by atoms with Gasteiger partial charge < -0.3 is 5.32 Å². The van der Waals surface area contributed by atoms with Crippen molar-refractivity contribution in [3.05, 3.63) is 51.2 Å². The lowest BCUT2D eigenvalue weighted by molar-refractivity contribution is 1.26. The molecule has 18 heavy (non-hydrogen) atoms. The SMILES string of the molecule is Cc1cc(Br)c(Nc2ccc(C#N)nc2)cc1Cl. The molecule has 0 radical (unpaired) electrons. The van der Waals surface area contributed by atoms with Crippen LogP contribution < -0.4 is 5.32 Å². The number of nitriles is 1. The second kappa shape index (κ2) is 5.38. The molecule has 0 aliphatic carbocycles. The Morgan fingerprint density at radius 1 is 1.39 bits per heavy atom. The number of nitrogens with zero attached hydrogens (tertiary/aromatic N) is 2. The van der Waals surface area contributed by atoms with Gasteiger partial charge >= 0.3 is 0 Å². The average Bonchev–Trinajstić information content (AvgIpc) is 2.37. The lowest BCUT2D eigenvalue weighted by atomic mass is 10.2. The highest BCUT2D eigenvalue weighted by molar-refractivity contribution is 9.10. The largest absolute Gasteiger partial charge is 0.353 e. The highest BCUT2D eigenvalue weighted by atomic mass is 79.9. The third-order valence-corrected chi connectivity index (χ3v) is 3.47. The van der Waals surface area contributed by atoms with Crippen molar-refractivity contribution in [2.24, 2.45) is 0 Å². The maximum absolute atomic E-state index is 8.67. The minimum absolute atomic E-state index is 0.390. The highest BCUT2D eigenvalue weighted by Crippen LogP contribution is 2.31. The van der Waals surface area contributed by atoms with Crippen molar-refractivity contribution in [1.29, 1.82) is 5.26 Å². The van der Waals surface area contributed by atoms with Gasteiger partial charge in [0, 0.05) is 9.50 Å². The molecule has 0 fully saturated rings. The predicted octanol–water partition coefficient (Wildman–Crippen LogP) is 4.42. The number of pyridine rings is 1. The summed E-state index contributed by atoms with van der Waals surface area (Å²) in [6.45, 7) is 1.94. The first kappa shape index (κ1) is 12.9. The first-order valence-corrected chi connectivity index (χ1v) is 6.36. The van der Waals surface area contributed by atoms with E-state index in [0.29, 0.717) is 10.7 Å². The van der Waals surface area contributed by atoms with Crippen molar-refractivity contribution < 1.29 is 0 Å². The summed E-state index contributed by atoms with van der Waals surface area (Å²) in [4.78, 5) is 3.99. The maximum atomic E-state index is 8.67. The molecule has 0 saturated heterocycles. The average molecular weight is 323 g/mol. The van der Waals surface area contributed by atoms with E-state index in [1.54, 1.807) is 18.3 Å². The molecule has 0 atom stereocenters. The Labute approximate surface area is 119 Å². The summed E-state index contributed by atoms with van der Waals surface area (Å²) in [6, 6.07) is 9.23. The minimum Gasteiger partial charge on any atom is -0.353 e. The van der Waals surface area contributed by atoms with Crippen LogP contribution in [0.4, 0.5) is 11.4 Å². The zero-order chi connectivity index (χ0) is 13.1. The summed E-state index contributed by atoms with van der Waals surface area (Å²) in [7, 11) is 0. The van der Waals surface area contributed by atoms with E-state index in [4.69, 9.17) is 16.9 Å². The van der Waals surface area contributed by atoms with Gasteiger partial charge in [0.05, 0.1) is 17.6 Å². The first-order chi connectivity index (χ1) is 8.60. The number of anilines is 2. The Morgan fingerprint density at radius 3 is 2.78 bits per heavy atom. The molecule has 1 aromatic carbocycles. The Hall–Kier alpha value is -1.57. The molecule has 0 aliphatic rings. The number of benzene rings is 1. The number of aromatic nitrogens is 1. The van der Waals surface area contributed by atoms with E-state index in [-0.39, 0.29) is 0 Å². The Kier molecular flexibility index (Phi) is 3.85. The molecular weight excluding hydrogens is 314 g/mol. The zero-order valence-electron chi connectivity index (χ0n) is 9.54. The standard InChI is InChI=1S/C13H9BrClN3/c1-8-4-11(14)13(5-12(8)15)18-10-3-2-9(6-16)17-7-10/h2-5,7,18H,1H3. The lowest BCUT2D eigenvalue weighted by Crippen LogP contribution is -1.94. The number of hydrogen-bond acceptors (Lipinski definition) is 3. The van der Waals surface area contributed by atoms with Crippen LogP contribution in [0.5, 0.6) is 0 Å². The number of nitrogens with one attached hydrogen (secondary N) is 1. The monoisotopic (exact) mass is 321 g/mol. The predicted molar refractivity (Wildman–Crippen MR) is 76.1 cm³/mol. The Bertz CT molecular complexity index is 617. The van der Waals surface area contributed by atoms with Gasteiger partial charge in [-0.05, 0) is 52.7 Å². The number of hydrogen-bond donors (Lipinski definition) is 1. The zero-order valence-corrected chi connectivity index (χ0v) is 11.9. The van der Waals surface area contributed by atoms with E-state index in [9.17, 15) is 0 Å². The molecule has 5 heteroatoms.